The molecule has 0 bridgehead atoms. The zero-order valence-corrected chi connectivity index (χ0v) is 18.9. The van der Waals surface area contributed by atoms with Crippen molar-refractivity contribution in [2.24, 2.45) is 0 Å². The van der Waals surface area contributed by atoms with Crippen LogP contribution in [-0.2, 0) is 11.4 Å². The molecule has 0 atom stereocenters. The lowest BCUT2D eigenvalue weighted by Crippen LogP contribution is -2.33. The Bertz CT molecular complexity index is 1220. The Morgan fingerprint density at radius 3 is 2.66 bits per heavy atom. The highest BCUT2D eigenvalue weighted by Gasteiger charge is 2.20. The molecule has 4 rings (SSSR count). The van der Waals surface area contributed by atoms with Crippen LogP contribution in [0.3, 0.4) is 0 Å². The van der Waals surface area contributed by atoms with E-state index in [4.69, 9.17) is 27.9 Å². The van der Waals surface area contributed by atoms with Crippen molar-refractivity contribution in [1.29, 1.82) is 5.26 Å². The molecule has 1 aliphatic carbocycles. The van der Waals surface area contributed by atoms with Gasteiger partial charge in [0.25, 0.3) is 5.91 Å². The Kier molecular flexibility index (Phi) is 6.99. The van der Waals surface area contributed by atoms with E-state index in [-0.39, 0.29) is 24.1 Å². The Hall–Kier alpha value is -3.00. The fourth-order valence-corrected chi connectivity index (χ4v) is 4.43. The molecule has 1 aliphatic rings. The van der Waals surface area contributed by atoms with Gasteiger partial charge < -0.3 is 10.1 Å². The first kappa shape index (κ1) is 22.2. The van der Waals surface area contributed by atoms with Crippen LogP contribution in [0.1, 0.15) is 36.8 Å². The van der Waals surface area contributed by atoms with Crippen molar-refractivity contribution in [3.05, 3.63) is 81.3 Å². The van der Waals surface area contributed by atoms with Gasteiger partial charge in [0.15, 0.2) is 0 Å². The van der Waals surface area contributed by atoms with Crippen molar-refractivity contribution in [3.63, 3.8) is 0 Å². The molecule has 6 heteroatoms. The highest BCUT2D eigenvalue weighted by molar-refractivity contribution is 6.35. The molecular formula is C26H22Cl2N2O2. The van der Waals surface area contributed by atoms with Crippen LogP contribution in [0.25, 0.3) is 16.8 Å². The minimum absolute atomic E-state index is 0.0580. The van der Waals surface area contributed by atoms with E-state index in [0.717, 1.165) is 42.0 Å². The van der Waals surface area contributed by atoms with E-state index in [1.807, 2.05) is 42.5 Å². The zero-order valence-electron chi connectivity index (χ0n) is 17.4. The first-order valence-electron chi connectivity index (χ1n) is 10.6. The summed E-state index contributed by atoms with van der Waals surface area (Å²) in [6.07, 6.45) is 5.73. The van der Waals surface area contributed by atoms with E-state index in [9.17, 15) is 10.1 Å². The van der Waals surface area contributed by atoms with Crippen LogP contribution in [0.2, 0.25) is 10.0 Å². The number of carbonyl (C=O) groups is 1. The predicted molar refractivity (Wildman–Crippen MR) is 129 cm³/mol. The first-order valence-corrected chi connectivity index (χ1v) is 11.3. The maximum Gasteiger partial charge on any atom is 0.262 e. The number of hydrogen-bond acceptors (Lipinski definition) is 3. The summed E-state index contributed by atoms with van der Waals surface area (Å²) in [6.45, 7) is 0.228. The topological polar surface area (TPSA) is 62.1 Å². The van der Waals surface area contributed by atoms with Crippen LogP contribution in [0.4, 0.5) is 0 Å². The molecule has 4 nitrogen and oxygen atoms in total. The average molecular weight is 465 g/mol. The largest absolute Gasteiger partial charge is 0.488 e. The summed E-state index contributed by atoms with van der Waals surface area (Å²) < 4.78 is 6.10. The number of hydrogen-bond donors (Lipinski definition) is 1. The third-order valence-electron chi connectivity index (χ3n) is 5.67. The van der Waals surface area contributed by atoms with Gasteiger partial charge in [0, 0.05) is 27.2 Å². The Morgan fingerprint density at radius 2 is 1.91 bits per heavy atom. The number of amides is 1. The molecule has 0 radical (unpaired) electrons. The van der Waals surface area contributed by atoms with Crippen molar-refractivity contribution in [3.8, 4) is 11.8 Å². The van der Waals surface area contributed by atoms with Gasteiger partial charge >= 0.3 is 0 Å². The smallest absolute Gasteiger partial charge is 0.262 e. The molecular weight excluding hydrogens is 443 g/mol. The van der Waals surface area contributed by atoms with E-state index in [2.05, 4.69) is 11.4 Å². The number of nitrogens with one attached hydrogen (secondary N) is 1. The monoisotopic (exact) mass is 464 g/mol. The van der Waals surface area contributed by atoms with Crippen LogP contribution in [0.15, 0.2) is 60.2 Å². The Labute approximate surface area is 197 Å². The van der Waals surface area contributed by atoms with E-state index in [0.29, 0.717) is 21.4 Å². The number of benzene rings is 3. The van der Waals surface area contributed by atoms with Crippen molar-refractivity contribution in [1.82, 2.24) is 5.32 Å². The number of ether oxygens (including phenoxy) is 1. The molecule has 1 fully saturated rings. The second-order valence-corrected chi connectivity index (χ2v) is 8.69. The molecule has 1 saturated carbocycles. The van der Waals surface area contributed by atoms with Crippen molar-refractivity contribution < 1.29 is 9.53 Å². The van der Waals surface area contributed by atoms with Gasteiger partial charge in [-0.1, -0.05) is 72.4 Å². The van der Waals surface area contributed by atoms with Crippen LogP contribution in [-0.4, -0.2) is 11.9 Å². The van der Waals surface area contributed by atoms with Gasteiger partial charge in [-0.15, -0.1) is 0 Å². The van der Waals surface area contributed by atoms with Gasteiger partial charge in [-0.25, -0.2) is 0 Å². The minimum Gasteiger partial charge on any atom is -0.488 e. The third kappa shape index (κ3) is 5.07. The number of halogens is 2. The lowest BCUT2D eigenvalue weighted by molar-refractivity contribution is -0.117. The maximum absolute atomic E-state index is 12.8. The van der Waals surface area contributed by atoms with E-state index < -0.39 is 0 Å². The number of fused-ring (bicyclic) bond motifs is 1. The number of nitrogens with zero attached hydrogens (tertiary/aromatic N) is 1. The van der Waals surface area contributed by atoms with Crippen LogP contribution in [0, 0.1) is 11.3 Å². The van der Waals surface area contributed by atoms with Crippen molar-refractivity contribution >= 4 is 46.0 Å². The quantitative estimate of drug-likeness (QED) is 0.326. The lowest BCUT2D eigenvalue weighted by atomic mass is 10.0. The molecule has 3 aromatic carbocycles. The standard InChI is InChI=1S/C26H22Cl2N2O2/c27-20-11-9-18(24(28)14-20)16-32-25-12-10-17-5-1-4-8-22(17)23(25)13-19(15-29)26(31)30-21-6-2-3-7-21/h1,4-5,8-14,21H,2-3,6-7,16H2,(H,30,31)/b19-13-. The summed E-state index contributed by atoms with van der Waals surface area (Å²) in [5.41, 5.74) is 1.53. The molecule has 0 spiro atoms. The van der Waals surface area contributed by atoms with Crippen molar-refractivity contribution in [2.45, 2.75) is 38.3 Å². The molecule has 0 aliphatic heterocycles. The minimum atomic E-state index is -0.348. The van der Waals surface area contributed by atoms with E-state index in [1.165, 1.54) is 0 Å². The SMILES string of the molecule is N#C/C(=C/c1c(OCc2ccc(Cl)cc2Cl)ccc2ccccc12)C(=O)NC1CCCC1. The van der Waals surface area contributed by atoms with Crippen LogP contribution in [0.5, 0.6) is 5.75 Å². The molecule has 0 unspecified atom stereocenters. The van der Waals surface area contributed by atoms with Gasteiger partial charge in [0.1, 0.15) is 24.0 Å². The van der Waals surface area contributed by atoms with E-state index >= 15 is 0 Å². The molecule has 162 valence electrons. The fraction of sp³-hybridized carbons (Fsp3) is 0.231. The van der Waals surface area contributed by atoms with Gasteiger partial charge in [0.05, 0.1) is 0 Å². The zero-order chi connectivity index (χ0) is 22.5. The molecule has 0 aromatic heterocycles. The molecule has 32 heavy (non-hydrogen) atoms. The summed E-state index contributed by atoms with van der Waals surface area (Å²) >= 11 is 12.3. The first-order chi connectivity index (χ1) is 15.5. The second kappa shape index (κ2) is 10.1. The van der Waals surface area contributed by atoms with Crippen LogP contribution < -0.4 is 10.1 Å². The molecule has 3 aromatic rings. The van der Waals surface area contributed by atoms with Gasteiger partial charge in [-0.2, -0.15) is 5.26 Å². The molecule has 1 amide bonds. The second-order valence-electron chi connectivity index (χ2n) is 7.85. The predicted octanol–water partition coefficient (Wildman–Crippen LogP) is 6.69. The summed E-state index contributed by atoms with van der Waals surface area (Å²) in [7, 11) is 0. The number of nitriles is 1. The summed E-state index contributed by atoms with van der Waals surface area (Å²) in [4.78, 5) is 12.8. The van der Waals surface area contributed by atoms with Gasteiger partial charge in [0.2, 0.25) is 0 Å². The van der Waals surface area contributed by atoms with E-state index in [1.54, 1.807) is 18.2 Å². The molecule has 0 saturated heterocycles. The molecule has 0 heterocycles. The van der Waals surface area contributed by atoms with Gasteiger partial charge in [-0.3, -0.25) is 4.79 Å². The lowest BCUT2D eigenvalue weighted by Gasteiger charge is -2.14. The maximum atomic E-state index is 12.8. The Balaban J connectivity index is 1.68. The number of rotatable bonds is 6. The summed E-state index contributed by atoms with van der Waals surface area (Å²) in [5, 5.41) is 15.7. The highest BCUT2D eigenvalue weighted by Crippen LogP contribution is 2.32. The fourth-order valence-electron chi connectivity index (χ4n) is 3.97. The third-order valence-corrected chi connectivity index (χ3v) is 6.26. The summed E-state index contributed by atoms with van der Waals surface area (Å²) in [5.74, 6) is 0.218. The summed E-state index contributed by atoms with van der Waals surface area (Å²) in [6, 6.07) is 19.0. The van der Waals surface area contributed by atoms with Crippen molar-refractivity contribution in [2.75, 3.05) is 0 Å². The highest BCUT2D eigenvalue weighted by atomic mass is 35.5. The average Bonchev–Trinajstić information content (AvgIpc) is 3.30. The van der Waals surface area contributed by atoms with Crippen LogP contribution >= 0.6 is 23.2 Å². The molecule has 1 N–H and O–H groups in total. The number of carbonyl (C=O) groups excluding carboxylic acids is 1. The Morgan fingerprint density at radius 1 is 1.12 bits per heavy atom. The van der Waals surface area contributed by atoms with Gasteiger partial charge in [-0.05, 0) is 47.9 Å². The normalized spacial score (nSPS) is 14.3.